The van der Waals surface area contributed by atoms with Gasteiger partial charge in [0.05, 0.1) is 19.3 Å². The molecule has 1 N–H and O–H groups in total. The first-order valence-electron chi connectivity index (χ1n) is 7.18. The molecule has 18 heavy (non-hydrogen) atoms. The smallest absolute Gasteiger partial charge is 0.191 e. The Morgan fingerprint density at radius 1 is 1.39 bits per heavy atom. The minimum atomic E-state index is -0.546. The molecule has 106 valence electrons. The number of hydrogen-bond donors (Lipinski definition) is 1. The van der Waals surface area contributed by atoms with Crippen LogP contribution in [-0.4, -0.2) is 42.9 Å². The van der Waals surface area contributed by atoms with Gasteiger partial charge in [0.15, 0.2) is 5.79 Å². The molecular weight excluding hydrogens is 232 g/mol. The van der Waals surface area contributed by atoms with E-state index in [-0.39, 0.29) is 18.8 Å². The van der Waals surface area contributed by atoms with Gasteiger partial charge in [-0.15, -0.1) is 0 Å². The topological polar surface area (TPSA) is 47.9 Å². The molecule has 4 atom stereocenters. The van der Waals surface area contributed by atoms with Crippen molar-refractivity contribution in [1.82, 2.24) is 0 Å². The molecule has 0 aromatic rings. The summed E-state index contributed by atoms with van der Waals surface area (Å²) in [6.45, 7) is 5.71. The molecule has 4 heteroatoms. The highest BCUT2D eigenvalue weighted by atomic mass is 16.7. The second-order valence-corrected chi connectivity index (χ2v) is 5.78. The molecule has 0 radical (unpaired) electrons. The van der Waals surface area contributed by atoms with Crippen LogP contribution in [0.4, 0.5) is 0 Å². The van der Waals surface area contributed by atoms with Crippen molar-refractivity contribution >= 4 is 0 Å². The van der Waals surface area contributed by atoms with E-state index in [0.29, 0.717) is 19.1 Å². The lowest BCUT2D eigenvalue weighted by molar-refractivity contribution is -0.315. The molecule has 4 nitrogen and oxygen atoms in total. The summed E-state index contributed by atoms with van der Waals surface area (Å²) in [5.74, 6) is -0.152. The van der Waals surface area contributed by atoms with E-state index in [0.717, 1.165) is 32.1 Å². The molecule has 2 saturated heterocycles. The molecule has 2 bridgehead atoms. The number of fused-ring (bicyclic) bond motifs is 2. The van der Waals surface area contributed by atoms with Crippen LogP contribution in [-0.2, 0) is 14.2 Å². The van der Waals surface area contributed by atoms with E-state index in [9.17, 15) is 0 Å². The number of hydrogen-bond acceptors (Lipinski definition) is 4. The maximum Gasteiger partial charge on any atom is 0.191 e. The largest absolute Gasteiger partial charge is 0.396 e. The second-order valence-electron chi connectivity index (χ2n) is 5.78. The Hall–Kier alpha value is -0.160. The van der Waals surface area contributed by atoms with Crippen LogP contribution in [0, 0.1) is 5.92 Å². The fourth-order valence-corrected chi connectivity index (χ4v) is 2.66. The van der Waals surface area contributed by atoms with Crippen molar-refractivity contribution in [2.75, 3.05) is 19.8 Å². The van der Waals surface area contributed by atoms with Crippen molar-refractivity contribution in [1.29, 1.82) is 0 Å². The van der Waals surface area contributed by atoms with Gasteiger partial charge in [-0.3, -0.25) is 0 Å². The summed E-state index contributed by atoms with van der Waals surface area (Å²) in [4.78, 5) is 0. The van der Waals surface area contributed by atoms with E-state index in [1.54, 1.807) is 0 Å². The van der Waals surface area contributed by atoms with Crippen molar-refractivity contribution in [3.05, 3.63) is 0 Å². The van der Waals surface area contributed by atoms with Crippen LogP contribution >= 0.6 is 0 Å². The van der Waals surface area contributed by atoms with Gasteiger partial charge in [-0.1, -0.05) is 13.3 Å². The van der Waals surface area contributed by atoms with Crippen LogP contribution in [0.3, 0.4) is 0 Å². The van der Waals surface area contributed by atoms with Gasteiger partial charge in [0.25, 0.3) is 0 Å². The molecule has 2 aliphatic rings. The third-order valence-electron chi connectivity index (χ3n) is 4.04. The highest BCUT2D eigenvalue weighted by molar-refractivity contribution is 4.88. The van der Waals surface area contributed by atoms with Crippen molar-refractivity contribution in [3.8, 4) is 0 Å². The van der Waals surface area contributed by atoms with Gasteiger partial charge < -0.3 is 19.3 Å². The number of aliphatic hydroxyl groups is 1. The lowest BCUT2D eigenvalue weighted by Gasteiger charge is -2.39. The van der Waals surface area contributed by atoms with E-state index < -0.39 is 5.79 Å². The summed E-state index contributed by atoms with van der Waals surface area (Å²) < 4.78 is 17.6. The Balaban J connectivity index is 1.63. The highest BCUT2D eigenvalue weighted by Gasteiger charge is 2.47. The first-order chi connectivity index (χ1) is 8.64. The number of unbranched alkanes of at least 4 members (excludes halogenated alkanes) is 1. The molecule has 2 heterocycles. The summed E-state index contributed by atoms with van der Waals surface area (Å²) in [7, 11) is 0. The van der Waals surface area contributed by atoms with E-state index >= 15 is 0 Å². The Morgan fingerprint density at radius 3 is 3.00 bits per heavy atom. The summed E-state index contributed by atoms with van der Waals surface area (Å²) in [5, 5.41) is 8.94. The van der Waals surface area contributed by atoms with Crippen LogP contribution in [0.1, 0.15) is 46.0 Å². The quantitative estimate of drug-likeness (QED) is 0.710. The maximum atomic E-state index is 8.94. The molecule has 0 saturated carbocycles. The molecule has 0 amide bonds. The number of ether oxygens (including phenoxy) is 3. The van der Waals surface area contributed by atoms with Gasteiger partial charge in [-0.2, -0.15) is 0 Å². The van der Waals surface area contributed by atoms with Crippen LogP contribution < -0.4 is 0 Å². The van der Waals surface area contributed by atoms with Crippen LogP contribution in [0.15, 0.2) is 0 Å². The van der Waals surface area contributed by atoms with Gasteiger partial charge >= 0.3 is 0 Å². The molecule has 2 rings (SSSR count). The van der Waals surface area contributed by atoms with Crippen LogP contribution in [0.5, 0.6) is 0 Å². The summed E-state index contributed by atoms with van der Waals surface area (Å²) in [5.41, 5.74) is 0. The third-order valence-corrected chi connectivity index (χ3v) is 4.04. The Kier molecular flexibility index (Phi) is 5.01. The molecule has 0 spiro atoms. The van der Waals surface area contributed by atoms with Crippen molar-refractivity contribution in [3.63, 3.8) is 0 Å². The lowest BCUT2D eigenvalue weighted by atomic mass is 10.1. The minimum Gasteiger partial charge on any atom is -0.396 e. The predicted octanol–water partition coefficient (Wildman–Crippen LogP) is 2.10. The van der Waals surface area contributed by atoms with Crippen molar-refractivity contribution in [2.45, 2.75) is 63.9 Å². The Morgan fingerprint density at radius 2 is 2.22 bits per heavy atom. The average Bonchev–Trinajstić information content (AvgIpc) is 2.79. The standard InChI is InChI=1S/C14H26O4/c1-11(9-15)5-3-4-8-16-14(2)13-7-6-12(18-13)10-17-14/h11-13,15H,3-10H2,1-2H3. The Bertz CT molecular complexity index is 258. The van der Waals surface area contributed by atoms with Gasteiger partial charge in [0.1, 0.15) is 6.10 Å². The van der Waals surface area contributed by atoms with E-state index in [1.165, 1.54) is 0 Å². The maximum absolute atomic E-state index is 8.94. The SMILES string of the molecule is CC(CO)CCCCOC1(C)OCC2CCC1O2. The predicted molar refractivity (Wildman–Crippen MR) is 68.3 cm³/mol. The summed E-state index contributed by atoms with van der Waals surface area (Å²) in [6, 6.07) is 0. The first-order valence-corrected chi connectivity index (χ1v) is 7.18. The van der Waals surface area contributed by atoms with Crippen molar-refractivity contribution < 1.29 is 19.3 Å². The lowest BCUT2D eigenvalue weighted by Crippen LogP contribution is -2.49. The molecule has 4 unspecified atom stereocenters. The van der Waals surface area contributed by atoms with Gasteiger partial charge in [0.2, 0.25) is 0 Å². The van der Waals surface area contributed by atoms with Crippen LogP contribution in [0.25, 0.3) is 0 Å². The zero-order valence-electron chi connectivity index (χ0n) is 11.6. The average molecular weight is 258 g/mol. The number of aliphatic hydroxyl groups excluding tert-OH is 1. The van der Waals surface area contributed by atoms with Gasteiger partial charge in [-0.25, -0.2) is 0 Å². The molecule has 0 aromatic heterocycles. The minimum absolute atomic E-state index is 0.104. The summed E-state index contributed by atoms with van der Waals surface area (Å²) >= 11 is 0. The zero-order valence-corrected chi connectivity index (χ0v) is 11.6. The summed E-state index contributed by atoms with van der Waals surface area (Å²) in [6.07, 6.45) is 5.69. The van der Waals surface area contributed by atoms with Gasteiger partial charge in [-0.05, 0) is 38.5 Å². The van der Waals surface area contributed by atoms with E-state index in [2.05, 4.69) is 6.92 Å². The third kappa shape index (κ3) is 3.44. The van der Waals surface area contributed by atoms with Gasteiger partial charge in [0, 0.05) is 6.61 Å². The zero-order chi connectivity index (χ0) is 13.0. The number of rotatable bonds is 7. The van der Waals surface area contributed by atoms with Crippen molar-refractivity contribution in [2.24, 2.45) is 5.92 Å². The fourth-order valence-electron chi connectivity index (χ4n) is 2.66. The normalized spacial score (nSPS) is 36.8. The molecule has 0 aromatic carbocycles. The van der Waals surface area contributed by atoms with Crippen LogP contribution in [0.2, 0.25) is 0 Å². The second kappa shape index (κ2) is 6.33. The fraction of sp³-hybridized carbons (Fsp3) is 1.00. The molecule has 2 fully saturated rings. The monoisotopic (exact) mass is 258 g/mol. The molecule has 0 aliphatic carbocycles. The highest BCUT2D eigenvalue weighted by Crippen LogP contribution is 2.36. The molecule has 2 aliphatic heterocycles. The Labute approximate surface area is 110 Å². The van der Waals surface area contributed by atoms with E-state index in [1.807, 2.05) is 6.92 Å². The van der Waals surface area contributed by atoms with E-state index in [4.69, 9.17) is 19.3 Å². The molecular formula is C14H26O4. The first kappa shape index (κ1) is 14.3.